The number of amides is 2. The molecule has 0 saturated heterocycles. The van der Waals surface area contributed by atoms with Gasteiger partial charge in [0, 0.05) is 44.0 Å². The lowest BCUT2D eigenvalue weighted by atomic mass is 10.2. The first kappa shape index (κ1) is 31.8. The van der Waals surface area contributed by atoms with Crippen LogP contribution in [-0.2, 0) is 9.59 Å². The Bertz CT molecular complexity index is 1450. The summed E-state index contributed by atoms with van der Waals surface area (Å²) in [5.41, 5.74) is 3.10. The number of anilines is 4. The number of hydrogen-bond donors (Lipinski definition) is 3. The van der Waals surface area contributed by atoms with Gasteiger partial charge in [-0.2, -0.15) is 4.98 Å². The third kappa shape index (κ3) is 10.3. The summed E-state index contributed by atoms with van der Waals surface area (Å²) in [6.07, 6.45) is 6.02. The lowest BCUT2D eigenvalue weighted by molar-refractivity contribution is -0.135. The predicted molar refractivity (Wildman–Crippen MR) is 165 cm³/mol. The van der Waals surface area contributed by atoms with E-state index >= 15 is 0 Å². The smallest absolute Gasteiger partial charge is 0.246 e. The van der Waals surface area contributed by atoms with Crippen molar-refractivity contribution in [2.75, 3.05) is 44.9 Å². The van der Waals surface area contributed by atoms with Crippen LogP contribution in [0.3, 0.4) is 0 Å². The Labute approximate surface area is 247 Å². The van der Waals surface area contributed by atoms with Gasteiger partial charge in [-0.25, -0.2) is 9.37 Å². The van der Waals surface area contributed by atoms with Crippen LogP contribution in [0.2, 0.25) is 0 Å². The number of benzene rings is 2. The Kier molecular flexibility index (Phi) is 12.0. The highest BCUT2D eigenvalue weighted by atomic mass is 19.1. The van der Waals surface area contributed by atoms with Crippen LogP contribution in [0.15, 0.2) is 66.9 Å². The summed E-state index contributed by atoms with van der Waals surface area (Å²) in [6.45, 7) is 4.78. The second-order valence-electron chi connectivity index (χ2n) is 10.1. The molecule has 2 amide bonds. The number of hydrogen-bond acceptors (Lipinski definition) is 7. The molecule has 0 radical (unpaired) electrons. The fourth-order valence-corrected chi connectivity index (χ4v) is 3.64. The normalized spacial score (nSPS) is 11.5. The lowest BCUT2D eigenvalue weighted by Crippen LogP contribution is -2.45. The van der Waals surface area contributed by atoms with E-state index in [1.807, 2.05) is 50.2 Å². The van der Waals surface area contributed by atoms with Crippen LogP contribution in [0.25, 0.3) is 0 Å². The molecule has 42 heavy (non-hydrogen) atoms. The molecule has 1 aromatic heterocycles. The van der Waals surface area contributed by atoms with Crippen LogP contribution in [0, 0.1) is 24.6 Å². The molecule has 0 aliphatic carbocycles. The van der Waals surface area contributed by atoms with Crippen LogP contribution < -0.4 is 16.0 Å². The quantitative estimate of drug-likeness (QED) is 0.166. The maximum Gasteiger partial charge on any atom is 0.246 e. The zero-order valence-corrected chi connectivity index (χ0v) is 24.7. The van der Waals surface area contributed by atoms with Crippen molar-refractivity contribution in [1.29, 1.82) is 0 Å². The van der Waals surface area contributed by atoms with Gasteiger partial charge < -0.3 is 25.8 Å². The molecule has 2 aromatic carbocycles. The van der Waals surface area contributed by atoms with Crippen molar-refractivity contribution in [3.8, 4) is 11.8 Å². The molecule has 9 nitrogen and oxygen atoms in total. The molecule has 1 atom stereocenters. The van der Waals surface area contributed by atoms with Gasteiger partial charge in [-0.1, -0.05) is 41.7 Å². The van der Waals surface area contributed by atoms with E-state index in [0.717, 1.165) is 11.3 Å². The number of nitrogens with zero attached hydrogens (tertiary/aromatic N) is 4. The van der Waals surface area contributed by atoms with Gasteiger partial charge >= 0.3 is 0 Å². The Morgan fingerprint density at radius 1 is 1.07 bits per heavy atom. The van der Waals surface area contributed by atoms with Gasteiger partial charge in [0.2, 0.25) is 17.8 Å². The second kappa shape index (κ2) is 15.9. The highest BCUT2D eigenvalue weighted by molar-refractivity contribution is 5.92. The van der Waals surface area contributed by atoms with Crippen LogP contribution in [0.4, 0.5) is 27.5 Å². The highest BCUT2D eigenvalue weighted by Crippen LogP contribution is 2.22. The van der Waals surface area contributed by atoms with Crippen molar-refractivity contribution >= 4 is 35.0 Å². The van der Waals surface area contributed by atoms with Gasteiger partial charge in [0.1, 0.15) is 11.9 Å². The summed E-state index contributed by atoms with van der Waals surface area (Å²) in [7, 11) is 5.44. The number of carbonyl (C=O) groups is 2. The average Bonchev–Trinajstić information content (AvgIpc) is 2.95. The number of unbranched alkanes of at least 4 members (excludes halogenated alkanes) is 1. The Hall–Kier alpha value is -4.75. The van der Waals surface area contributed by atoms with Crippen molar-refractivity contribution in [3.05, 3.63) is 83.8 Å². The number of aryl methyl sites for hydroxylation is 1. The monoisotopic (exact) mass is 571 g/mol. The first-order chi connectivity index (χ1) is 20.1. The van der Waals surface area contributed by atoms with E-state index in [9.17, 15) is 14.0 Å². The summed E-state index contributed by atoms with van der Waals surface area (Å²) < 4.78 is 13.6. The van der Waals surface area contributed by atoms with Gasteiger partial charge in [-0.15, -0.1) is 0 Å². The highest BCUT2D eigenvalue weighted by Gasteiger charge is 2.20. The molecule has 0 aliphatic heterocycles. The Morgan fingerprint density at radius 3 is 2.55 bits per heavy atom. The number of aromatic nitrogens is 2. The lowest BCUT2D eigenvalue weighted by Gasteiger charge is -2.23. The minimum Gasteiger partial charge on any atom is -0.354 e. The van der Waals surface area contributed by atoms with E-state index in [4.69, 9.17) is 0 Å². The first-order valence-electron chi connectivity index (χ1n) is 13.7. The zero-order chi connectivity index (χ0) is 30.5. The van der Waals surface area contributed by atoms with Gasteiger partial charge in [-0.3, -0.25) is 9.59 Å². The summed E-state index contributed by atoms with van der Waals surface area (Å²) >= 11 is 0. The molecule has 0 bridgehead atoms. The third-order valence-electron chi connectivity index (χ3n) is 6.22. The Balaban J connectivity index is 1.59. The predicted octanol–water partition coefficient (Wildman–Crippen LogP) is 4.62. The van der Waals surface area contributed by atoms with Crippen LogP contribution >= 0.6 is 0 Å². The minimum absolute atomic E-state index is 0.222. The van der Waals surface area contributed by atoms with Gasteiger partial charge in [0.05, 0.1) is 11.8 Å². The molecule has 0 fully saturated rings. The fourth-order valence-electron chi connectivity index (χ4n) is 3.64. The number of nitrogens with one attached hydrogen (secondary N) is 3. The van der Waals surface area contributed by atoms with Gasteiger partial charge in [0.15, 0.2) is 5.82 Å². The SMILES string of the molecule is Cc1ccc(Nc2nc(Nc3cccc(F)c3)ncc2C#CCCCNC(=O)[C@H](C)N(C)C(=O)C=CCN(C)C)cc1. The summed E-state index contributed by atoms with van der Waals surface area (Å²) in [4.78, 5) is 37.1. The molecule has 3 N–H and O–H groups in total. The number of halogens is 1. The van der Waals surface area contributed by atoms with E-state index in [-0.39, 0.29) is 17.6 Å². The van der Waals surface area contributed by atoms with Crippen molar-refractivity contribution in [1.82, 2.24) is 25.1 Å². The molecule has 0 aliphatic rings. The number of carbonyl (C=O) groups excluding carboxylic acids is 2. The van der Waals surface area contributed by atoms with E-state index < -0.39 is 6.04 Å². The molecule has 220 valence electrons. The van der Waals surface area contributed by atoms with Crippen LogP contribution in [0.5, 0.6) is 0 Å². The maximum absolute atomic E-state index is 13.6. The van der Waals surface area contributed by atoms with E-state index in [1.165, 1.54) is 23.1 Å². The molecule has 0 unspecified atom stereocenters. The molecule has 0 spiro atoms. The summed E-state index contributed by atoms with van der Waals surface area (Å²) in [5, 5.41) is 9.18. The molecular formula is C32H38FN7O2. The van der Waals surface area contributed by atoms with E-state index in [2.05, 4.69) is 37.8 Å². The zero-order valence-electron chi connectivity index (χ0n) is 24.7. The number of likely N-dealkylation sites (N-methyl/N-ethyl adjacent to an activating group) is 2. The summed E-state index contributed by atoms with van der Waals surface area (Å²) in [6, 6.07) is 13.3. The average molecular weight is 572 g/mol. The van der Waals surface area contributed by atoms with Crippen molar-refractivity contribution in [2.24, 2.45) is 0 Å². The minimum atomic E-state index is -0.598. The molecular weight excluding hydrogens is 533 g/mol. The maximum atomic E-state index is 13.6. The van der Waals surface area contributed by atoms with Crippen LogP contribution in [-0.4, -0.2) is 71.9 Å². The van der Waals surface area contributed by atoms with Crippen molar-refractivity contribution in [3.63, 3.8) is 0 Å². The van der Waals surface area contributed by atoms with E-state index in [0.29, 0.717) is 48.9 Å². The molecule has 0 saturated carbocycles. The first-order valence-corrected chi connectivity index (χ1v) is 13.7. The summed E-state index contributed by atoms with van der Waals surface area (Å²) in [5.74, 6) is 6.24. The topological polar surface area (TPSA) is 102 Å². The molecule has 10 heteroatoms. The Morgan fingerprint density at radius 2 is 1.83 bits per heavy atom. The van der Waals surface area contributed by atoms with Crippen LogP contribution in [0.1, 0.15) is 30.9 Å². The van der Waals surface area contributed by atoms with Gasteiger partial charge in [0.25, 0.3) is 0 Å². The standard InChI is InChI=1S/C32H38FN7O2/c1-23-15-17-27(18-16-23)36-30-25(22-35-32(38-30)37-28-13-9-12-26(33)21-28)11-7-6-8-19-34-31(42)24(2)40(5)29(41)14-10-20-39(3)4/h9-10,12-18,21-22,24H,6,8,19-20H2,1-5H3,(H,34,42)(H2,35,36,37,38)/t24-/m0/s1. The van der Waals surface area contributed by atoms with Crippen molar-refractivity contribution in [2.45, 2.75) is 32.7 Å². The number of rotatable bonds is 12. The van der Waals surface area contributed by atoms with E-state index in [1.54, 1.807) is 38.4 Å². The van der Waals surface area contributed by atoms with Gasteiger partial charge in [-0.05, 0) is 64.7 Å². The fraction of sp³-hybridized carbons (Fsp3) is 0.312. The largest absolute Gasteiger partial charge is 0.354 e. The van der Waals surface area contributed by atoms with Crippen molar-refractivity contribution < 1.29 is 14.0 Å². The second-order valence-corrected chi connectivity index (χ2v) is 10.1. The molecule has 3 rings (SSSR count). The third-order valence-corrected chi connectivity index (χ3v) is 6.22. The molecule has 3 aromatic rings. The molecule has 1 heterocycles.